The third kappa shape index (κ3) is 3.10. The molecule has 2 aromatic heterocycles. The number of aromatic amines is 1. The smallest absolute Gasteiger partial charge is 0.254 e. The molecule has 0 spiro atoms. The third-order valence-corrected chi connectivity index (χ3v) is 5.61. The molecule has 3 heterocycles. The number of rotatable bonds is 3. The maximum atomic E-state index is 13.2. The zero-order valence-electron chi connectivity index (χ0n) is 16.6. The van der Waals surface area contributed by atoms with Gasteiger partial charge in [-0.3, -0.25) is 4.79 Å². The van der Waals surface area contributed by atoms with E-state index in [-0.39, 0.29) is 11.9 Å². The Labute approximate surface area is 169 Å². The number of carbonyl (C=O) groups is 1. The maximum absolute atomic E-state index is 13.2. The topological polar surface area (TPSA) is 66.8 Å². The number of benzene rings is 2. The summed E-state index contributed by atoms with van der Waals surface area (Å²) in [6, 6.07) is 17.7. The van der Waals surface area contributed by atoms with E-state index in [0.717, 1.165) is 53.3 Å². The summed E-state index contributed by atoms with van der Waals surface area (Å²) in [5.74, 6) is 0.921. The average Bonchev–Trinajstić information content (AvgIpc) is 3.44. The fraction of sp³-hybridized carbons (Fsp3) is 0.261. The summed E-state index contributed by atoms with van der Waals surface area (Å²) in [6.45, 7) is 4.76. The Kier molecular flexibility index (Phi) is 4.19. The van der Waals surface area contributed by atoms with Crippen LogP contribution in [0.4, 0.5) is 0 Å². The predicted molar refractivity (Wildman–Crippen MR) is 112 cm³/mol. The van der Waals surface area contributed by atoms with Crippen molar-refractivity contribution in [2.75, 3.05) is 6.54 Å². The van der Waals surface area contributed by atoms with E-state index in [1.165, 1.54) is 0 Å². The Hall–Kier alpha value is -3.41. The molecule has 0 radical (unpaired) electrons. The van der Waals surface area contributed by atoms with E-state index in [4.69, 9.17) is 4.98 Å². The fourth-order valence-electron chi connectivity index (χ4n) is 4.23. The van der Waals surface area contributed by atoms with Crippen LogP contribution < -0.4 is 0 Å². The minimum absolute atomic E-state index is 0.00872. The number of amides is 1. The minimum atomic E-state index is -0.00872. The maximum Gasteiger partial charge on any atom is 0.254 e. The second kappa shape index (κ2) is 6.88. The van der Waals surface area contributed by atoms with E-state index < -0.39 is 0 Å². The Balaban J connectivity index is 1.41. The highest BCUT2D eigenvalue weighted by atomic mass is 16.2. The minimum Gasteiger partial charge on any atom is -0.340 e. The molecule has 0 saturated carbocycles. The van der Waals surface area contributed by atoms with Crippen LogP contribution in [0.25, 0.3) is 16.7 Å². The molecule has 0 bridgehead atoms. The molecular formula is C23H23N5O. The van der Waals surface area contributed by atoms with Crippen LogP contribution in [0.2, 0.25) is 0 Å². The molecule has 1 saturated heterocycles. The largest absolute Gasteiger partial charge is 0.340 e. The molecule has 1 aliphatic heterocycles. The van der Waals surface area contributed by atoms with Gasteiger partial charge < -0.3 is 9.88 Å². The van der Waals surface area contributed by atoms with Gasteiger partial charge in [-0.1, -0.05) is 12.1 Å². The zero-order chi connectivity index (χ0) is 20.0. The van der Waals surface area contributed by atoms with Gasteiger partial charge in [0, 0.05) is 17.8 Å². The van der Waals surface area contributed by atoms with Crippen molar-refractivity contribution in [3.63, 3.8) is 0 Å². The first-order chi connectivity index (χ1) is 14.1. The molecule has 1 aliphatic rings. The molecule has 2 aromatic carbocycles. The number of H-pyrrole nitrogens is 1. The van der Waals surface area contributed by atoms with Gasteiger partial charge in [-0.2, -0.15) is 5.10 Å². The van der Waals surface area contributed by atoms with Crippen molar-refractivity contribution >= 4 is 16.9 Å². The lowest BCUT2D eigenvalue weighted by Gasteiger charge is -2.23. The SMILES string of the molecule is Cc1cc(C)n(-c2ccc(C(=O)N3CCC[C@@H]3c3nc4ccccc4[nH]3)cc2)n1. The monoisotopic (exact) mass is 385 g/mol. The number of aromatic nitrogens is 4. The van der Waals surface area contributed by atoms with Gasteiger partial charge in [0.2, 0.25) is 0 Å². The molecule has 29 heavy (non-hydrogen) atoms. The van der Waals surface area contributed by atoms with Crippen molar-refractivity contribution < 1.29 is 4.79 Å². The second-order valence-electron chi connectivity index (χ2n) is 7.68. The van der Waals surface area contributed by atoms with E-state index in [1.54, 1.807) is 0 Å². The normalized spacial score (nSPS) is 16.6. The number of hydrogen-bond donors (Lipinski definition) is 1. The molecule has 1 N–H and O–H groups in total. The number of aryl methyl sites for hydroxylation is 2. The van der Waals surface area contributed by atoms with Crippen LogP contribution in [0.3, 0.4) is 0 Å². The van der Waals surface area contributed by atoms with E-state index in [1.807, 2.05) is 78.0 Å². The van der Waals surface area contributed by atoms with E-state index in [2.05, 4.69) is 10.1 Å². The van der Waals surface area contributed by atoms with E-state index in [0.29, 0.717) is 5.56 Å². The summed E-state index contributed by atoms with van der Waals surface area (Å²) in [5.41, 5.74) is 5.66. The van der Waals surface area contributed by atoms with E-state index in [9.17, 15) is 4.79 Å². The van der Waals surface area contributed by atoms with Crippen molar-refractivity contribution in [2.24, 2.45) is 0 Å². The molecule has 6 nitrogen and oxygen atoms in total. The highest BCUT2D eigenvalue weighted by Crippen LogP contribution is 2.32. The quantitative estimate of drug-likeness (QED) is 0.570. The van der Waals surface area contributed by atoms with Gasteiger partial charge in [0.05, 0.1) is 28.5 Å². The van der Waals surface area contributed by atoms with Gasteiger partial charge in [-0.15, -0.1) is 0 Å². The number of likely N-dealkylation sites (tertiary alicyclic amines) is 1. The molecular weight excluding hydrogens is 362 g/mol. The summed E-state index contributed by atoms with van der Waals surface area (Å²) < 4.78 is 1.90. The second-order valence-corrected chi connectivity index (χ2v) is 7.68. The molecule has 1 amide bonds. The zero-order valence-corrected chi connectivity index (χ0v) is 16.6. The number of fused-ring (bicyclic) bond motifs is 1. The summed E-state index contributed by atoms with van der Waals surface area (Å²) >= 11 is 0. The van der Waals surface area contributed by atoms with Crippen molar-refractivity contribution in [2.45, 2.75) is 32.7 Å². The van der Waals surface area contributed by atoms with Crippen molar-refractivity contribution in [3.05, 3.63) is 77.4 Å². The summed E-state index contributed by atoms with van der Waals surface area (Å²) in [7, 11) is 0. The first-order valence-corrected chi connectivity index (χ1v) is 9.99. The number of carbonyl (C=O) groups excluding carboxylic acids is 1. The Morgan fingerprint density at radius 2 is 1.90 bits per heavy atom. The van der Waals surface area contributed by atoms with Crippen LogP contribution in [0.5, 0.6) is 0 Å². The van der Waals surface area contributed by atoms with Crippen LogP contribution in [0, 0.1) is 13.8 Å². The molecule has 5 rings (SSSR count). The van der Waals surface area contributed by atoms with Crippen LogP contribution in [-0.4, -0.2) is 37.1 Å². The van der Waals surface area contributed by atoms with Gasteiger partial charge in [0.25, 0.3) is 5.91 Å². The molecule has 1 atom stereocenters. The van der Waals surface area contributed by atoms with Crippen LogP contribution in [0.1, 0.15) is 46.5 Å². The molecule has 0 unspecified atom stereocenters. The number of imidazole rings is 1. The van der Waals surface area contributed by atoms with Gasteiger partial charge in [0.15, 0.2) is 0 Å². The lowest BCUT2D eigenvalue weighted by Crippen LogP contribution is -2.31. The first kappa shape index (κ1) is 17.7. The van der Waals surface area contributed by atoms with Gasteiger partial charge in [-0.25, -0.2) is 9.67 Å². The molecule has 6 heteroatoms. The number of hydrogen-bond acceptors (Lipinski definition) is 3. The Morgan fingerprint density at radius 3 is 2.62 bits per heavy atom. The van der Waals surface area contributed by atoms with Gasteiger partial charge >= 0.3 is 0 Å². The predicted octanol–water partition coefficient (Wildman–Crippen LogP) is 4.34. The standard InChI is InChI=1S/C23H23N5O/c1-15-14-16(2)28(26-15)18-11-9-17(10-12-18)23(29)27-13-5-8-21(27)22-24-19-6-3-4-7-20(19)25-22/h3-4,6-7,9-12,14,21H,5,8,13H2,1-2H3,(H,24,25)/t21-/m1/s1. The van der Waals surface area contributed by atoms with Gasteiger partial charge in [-0.05, 0) is 69.2 Å². The first-order valence-electron chi connectivity index (χ1n) is 9.99. The Bertz CT molecular complexity index is 1150. The van der Waals surface area contributed by atoms with Crippen molar-refractivity contribution in [1.29, 1.82) is 0 Å². The van der Waals surface area contributed by atoms with Gasteiger partial charge in [0.1, 0.15) is 5.82 Å². The highest BCUT2D eigenvalue weighted by Gasteiger charge is 2.32. The average molecular weight is 385 g/mol. The highest BCUT2D eigenvalue weighted by molar-refractivity contribution is 5.95. The lowest BCUT2D eigenvalue weighted by molar-refractivity contribution is 0.0730. The fourth-order valence-corrected chi connectivity index (χ4v) is 4.23. The number of nitrogens with one attached hydrogen (secondary N) is 1. The lowest BCUT2D eigenvalue weighted by atomic mass is 10.1. The summed E-state index contributed by atoms with van der Waals surface area (Å²) in [6.07, 6.45) is 1.91. The van der Waals surface area contributed by atoms with Crippen molar-refractivity contribution in [1.82, 2.24) is 24.6 Å². The van der Waals surface area contributed by atoms with E-state index >= 15 is 0 Å². The summed E-state index contributed by atoms with van der Waals surface area (Å²) in [4.78, 5) is 23.3. The Morgan fingerprint density at radius 1 is 1.10 bits per heavy atom. The molecule has 4 aromatic rings. The van der Waals surface area contributed by atoms with Crippen LogP contribution in [-0.2, 0) is 0 Å². The van der Waals surface area contributed by atoms with Crippen LogP contribution >= 0.6 is 0 Å². The molecule has 1 fully saturated rings. The number of nitrogens with zero attached hydrogens (tertiary/aromatic N) is 4. The van der Waals surface area contributed by atoms with Crippen molar-refractivity contribution in [3.8, 4) is 5.69 Å². The summed E-state index contributed by atoms with van der Waals surface area (Å²) in [5, 5.41) is 4.51. The molecule has 0 aliphatic carbocycles. The number of para-hydroxylation sites is 2. The van der Waals surface area contributed by atoms with Crippen LogP contribution in [0.15, 0.2) is 54.6 Å². The molecule has 146 valence electrons. The third-order valence-electron chi connectivity index (χ3n) is 5.61.